The maximum absolute atomic E-state index is 4.67. The minimum Gasteiger partial charge on any atom is -0.155 e. The third-order valence-electron chi connectivity index (χ3n) is 8.00. The van der Waals surface area contributed by atoms with E-state index in [1.54, 1.807) is 0 Å². The molecule has 7 rings (SSSR count). The summed E-state index contributed by atoms with van der Waals surface area (Å²) in [5.41, 5.74) is 6.54. The lowest BCUT2D eigenvalue weighted by Crippen LogP contribution is -2.12. The van der Waals surface area contributed by atoms with Gasteiger partial charge >= 0.3 is 0 Å². The number of aromatic nitrogens is 2. The summed E-state index contributed by atoms with van der Waals surface area (Å²) in [6.07, 6.45) is 0. The van der Waals surface area contributed by atoms with Gasteiger partial charge in [0, 0.05) is 11.1 Å². The average molecular weight is 503 g/mol. The summed E-state index contributed by atoms with van der Waals surface area (Å²) in [5, 5.41) is 19.5. The van der Waals surface area contributed by atoms with E-state index in [0.29, 0.717) is 0 Å². The molecule has 0 spiro atoms. The third-order valence-corrected chi connectivity index (χ3v) is 8.00. The number of aryl methyl sites for hydroxylation is 1. The lowest BCUT2D eigenvalue weighted by Gasteiger charge is -2.22. The van der Waals surface area contributed by atoms with Crippen LogP contribution in [-0.4, -0.2) is 10.2 Å². The summed E-state index contributed by atoms with van der Waals surface area (Å²) >= 11 is 0. The molecule has 0 aliphatic carbocycles. The Kier molecular flexibility index (Phi) is 5.28. The lowest BCUT2D eigenvalue weighted by atomic mass is 9.82. The molecule has 39 heavy (non-hydrogen) atoms. The zero-order valence-electron chi connectivity index (χ0n) is 22.8. The van der Waals surface area contributed by atoms with E-state index in [1.165, 1.54) is 48.7 Å². The zero-order chi connectivity index (χ0) is 26.7. The number of nitrogens with zero attached hydrogens (tertiary/aromatic N) is 2. The van der Waals surface area contributed by atoms with Crippen molar-refractivity contribution in [3.63, 3.8) is 0 Å². The van der Waals surface area contributed by atoms with Crippen molar-refractivity contribution in [3.8, 4) is 22.4 Å². The molecule has 0 aliphatic rings. The molecule has 0 N–H and O–H groups in total. The van der Waals surface area contributed by atoms with E-state index in [0.717, 1.165) is 28.1 Å². The Morgan fingerprint density at radius 1 is 0.487 bits per heavy atom. The minimum atomic E-state index is 0.0126. The molecule has 0 saturated heterocycles. The Bertz CT molecular complexity index is 2030. The fourth-order valence-electron chi connectivity index (χ4n) is 6.04. The molecule has 0 bridgehead atoms. The van der Waals surface area contributed by atoms with Gasteiger partial charge in [-0.2, -0.15) is 10.2 Å². The monoisotopic (exact) mass is 502 g/mol. The van der Waals surface area contributed by atoms with Crippen LogP contribution in [0.5, 0.6) is 0 Å². The summed E-state index contributed by atoms with van der Waals surface area (Å²) in [5.74, 6) is 0. The van der Waals surface area contributed by atoms with Crippen molar-refractivity contribution in [2.75, 3.05) is 0 Å². The van der Waals surface area contributed by atoms with E-state index < -0.39 is 0 Å². The molecule has 6 aromatic carbocycles. The van der Waals surface area contributed by atoms with Crippen molar-refractivity contribution in [2.45, 2.75) is 33.1 Å². The predicted molar refractivity (Wildman–Crippen MR) is 166 cm³/mol. The largest absolute Gasteiger partial charge is 0.155 e. The molecule has 0 radical (unpaired) electrons. The minimum absolute atomic E-state index is 0.0126. The first-order valence-electron chi connectivity index (χ1n) is 13.6. The van der Waals surface area contributed by atoms with Crippen LogP contribution in [0, 0.1) is 6.92 Å². The molecule has 0 amide bonds. The van der Waals surface area contributed by atoms with Crippen molar-refractivity contribution < 1.29 is 0 Å². The molecule has 2 nitrogen and oxygen atoms in total. The maximum Gasteiger partial charge on any atom is 0.0936 e. The molecule has 1 heterocycles. The second-order valence-electron chi connectivity index (χ2n) is 11.6. The molecule has 7 aromatic rings. The second-order valence-corrected chi connectivity index (χ2v) is 11.6. The van der Waals surface area contributed by atoms with Gasteiger partial charge in [0.1, 0.15) is 0 Å². The topological polar surface area (TPSA) is 25.8 Å². The van der Waals surface area contributed by atoms with Crippen LogP contribution < -0.4 is 0 Å². The molecule has 188 valence electrons. The Labute approximate surface area is 229 Å². The van der Waals surface area contributed by atoms with Crippen LogP contribution in [0.1, 0.15) is 32.0 Å². The zero-order valence-corrected chi connectivity index (χ0v) is 22.8. The summed E-state index contributed by atoms with van der Waals surface area (Å²) in [6.45, 7) is 8.87. The van der Waals surface area contributed by atoms with E-state index in [1.807, 2.05) is 0 Å². The Morgan fingerprint density at radius 2 is 1.05 bits per heavy atom. The van der Waals surface area contributed by atoms with E-state index in [9.17, 15) is 0 Å². The van der Waals surface area contributed by atoms with Gasteiger partial charge in [0.15, 0.2) is 0 Å². The van der Waals surface area contributed by atoms with Gasteiger partial charge in [-0.3, -0.25) is 0 Å². The standard InChI is InChI=1S/C37H30N2/c1-23-33(22-36(39-38-23)26-19-24-11-5-6-12-27(24)35(21-26)37(2,3)4)25-17-18-32-30-15-8-7-13-28(30)29-14-9-10-16-31(29)34(32)20-25/h5-22H,1-4H3. The highest BCUT2D eigenvalue weighted by Crippen LogP contribution is 2.39. The number of hydrogen-bond donors (Lipinski definition) is 0. The second kappa shape index (κ2) is 8.74. The number of fused-ring (bicyclic) bond motifs is 7. The van der Waals surface area contributed by atoms with Crippen LogP contribution in [-0.2, 0) is 5.41 Å². The van der Waals surface area contributed by atoms with Crippen molar-refractivity contribution in [2.24, 2.45) is 0 Å². The van der Waals surface area contributed by atoms with Gasteiger partial charge in [-0.15, -0.1) is 0 Å². The fraction of sp³-hybridized carbons (Fsp3) is 0.135. The Balaban J connectivity index is 1.45. The molecule has 0 fully saturated rings. The average Bonchev–Trinajstić information content (AvgIpc) is 2.96. The molecule has 0 aliphatic heterocycles. The highest BCUT2D eigenvalue weighted by molar-refractivity contribution is 6.25. The van der Waals surface area contributed by atoms with Gasteiger partial charge < -0.3 is 0 Å². The maximum atomic E-state index is 4.67. The predicted octanol–water partition coefficient (Wildman–Crippen LogP) is 10.0. The molecule has 0 unspecified atom stereocenters. The molecular formula is C37H30N2. The molecule has 1 aromatic heterocycles. The van der Waals surface area contributed by atoms with Gasteiger partial charge in [-0.05, 0) is 90.8 Å². The quantitative estimate of drug-likeness (QED) is 0.220. The van der Waals surface area contributed by atoms with Gasteiger partial charge in [0.2, 0.25) is 0 Å². The summed E-state index contributed by atoms with van der Waals surface area (Å²) in [7, 11) is 0. The first-order chi connectivity index (χ1) is 18.9. The molecule has 0 atom stereocenters. The van der Waals surface area contributed by atoms with E-state index in [4.69, 9.17) is 0 Å². The smallest absolute Gasteiger partial charge is 0.0936 e. The Morgan fingerprint density at radius 3 is 1.69 bits per heavy atom. The van der Waals surface area contributed by atoms with Gasteiger partial charge in [-0.1, -0.05) is 106 Å². The van der Waals surface area contributed by atoms with Gasteiger partial charge in [-0.25, -0.2) is 0 Å². The van der Waals surface area contributed by atoms with Gasteiger partial charge in [0.25, 0.3) is 0 Å². The third kappa shape index (κ3) is 3.87. The van der Waals surface area contributed by atoms with Crippen LogP contribution in [0.15, 0.2) is 109 Å². The van der Waals surface area contributed by atoms with E-state index >= 15 is 0 Å². The molecule has 2 heteroatoms. The van der Waals surface area contributed by atoms with Crippen molar-refractivity contribution in [3.05, 3.63) is 120 Å². The van der Waals surface area contributed by atoms with Crippen LogP contribution >= 0.6 is 0 Å². The molecule has 0 saturated carbocycles. The van der Waals surface area contributed by atoms with Crippen molar-refractivity contribution >= 4 is 43.1 Å². The number of rotatable bonds is 2. The van der Waals surface area contributed by atoms with Crippen LogP contribution in [0.4, 0.5) is 0 Å². The number of benzene rings is 6. The van der Waals surface area contributed by atoms with Gasteiger partial charge in [0.05, 0.1) is 11.4 Å². The first-order valence-corrected chi connectivity index (χ1v) is 13.6. The highest BCUT2D eigenvalue weighted by Gasteiger charge is 2.19. The summed E-state index contributed by atoms with van der Waals surface area (Å²) in [6, 6.07) is 39.7. The summed E-state index contributed by atoms with van der Waals surface area (Å²) in [4.78, 5) is 0. The highest BCUT2D eigenvalue weighted by atomic mass is 15.1. The fourth-order valence-corrected chi connectivity index (χ4v) is 6.04. The van der Waals surface area contributed by atoms with Crippen molar-refractivity contribution in [1.82, 2.24) is 10.2 Å². The lowest BCUT2D eigenvalue weighted by molar-refractivity contribution is 0.596. The van der Waals surface area contributed by atoms with Crippen LogP contribution in [0.2, 0.25) is 0 Å². The number of hydrogen-bond acceptors (Lipinski definition) is 2. The summed E-state index contributed by atoms with van der Waals surface area (Å²) < 4.78 is 0. The van der Waals surface area contributed by atoms with Crippen LogP contribution in [0.25, 0.3) is 65.5 Å². The molecular weight excluding hydrogens is 472 g/mol. The normalized spacial score (nSPS) is 12.1. The first kappa shape index (κ1) is 23.5. The SMILES string of the molecule is Cc1nnc(-c2cc(C(C)(C)C)c3ccccc3c2)cc1-c1ccc2c3ccccc3c3ccccc3c2c1. The van der Waals surface area contributed by atoms with Crippen LogP contribution in [0.3, 0.4) is 0 Å². The van der Waals surface area contributed by atoms with Crippen molar-refractivity contribution in [1.29, 1.82) is 0 Å². The Hall–Kier alpha value is -4.56. The van der Waals surface area contributed by atoms with E-state index in [-0.39, 0.29) is 5.41 Å². The van der Waals surface area contributed by atoms with E-state index in [2.05, 4.69) is 147 Å².